The zero-order valence-corrected chi connectivity index (χ0v) is 19.0. The van der Waals surface area contributed by atoms with Crippen LogP contribution in [0.15, 0.2) is 53.4 Å². The molecule has 1 saturated heterocycles. The van der Waals surface area contributed by atoms with Crippen LogP contribution >= 0.6 is 0 Å². The largest absolute Gasteiger partial charge is 0.326 e. The lowest BCUT2D eigenvalue weighted by Gasteiger charge is -2.22. The van der Waals surface area contributed by atoms with E-state index < -0.39 is 15.9 Å². The molecule has 0 aromatic heterocycles. The minimum absolute atomic E-state index is 0.00997. The number of carbonyl (C=O) groups is 2. The van der Waals surface area contributed by atoms with Crippen LogP contribution in [0.1, 0.15) is 44.1 Å². The highest BCUT2D eigenvalue weighted by Crippen LogP contribution is 2.28. The van der Waals surface area contributed by atoms with E-state index in [9.17, 15) is 18.0 Å². The number of carbonyl (C=O) groups excluding carboxylic acids is 2. The van der Waals surface area contributed by atoms with Crippen LogP contribution in [0, 0.1) is 12.8 Å². The molecule has 32 heavy (non-hydrogen) atoms. The minimum Gasteiger partial charge on any atom is -0.326 e. The second-order valence-electron chi connectivity index (χ2n) is 8.66. The SMILES string of the molecule is Cc1ccccc1N1CC(C(=O)Nc2ccc(S(=O)(=O)NC3CCCCC3)cc2)CC1=O. The van der Waals surface area contributed by atoms with Crippen molar-refractivity contribution in [2.75, 3.05) is 16.8 Å². The molecule has 7 nitrogen and oxygen atoms in total. The zero-order chi connectivity index (χ0) is 22.7. The Morgan fingerprint density at radius 2 is 1.69 bits per heavy atom. The van der Waals surface area contributed by atoms with E-state index in [0.29, 0.717) is 12.2 Å². The summed E-state index contributed by atoms with van der Waals surface area (Å²) in [7, 11) is -3.58. The molecular formula is C24H29N3O4S. The van der Waals surface area contributed by atoms with E-state index >= 15 is 0 Å². The molecule has 4 rings (SSSR count). The van der Waals surface area contributed by atoms with Gasteiger partial charge in [0, 0.05) is 30.4 Å². The molecular weight excluding hydrogens is 426 g/mol. The van der Waals surface area contributed by atoms with Gasteiger partial charge >= 0.3 is 0 Å². The van der Waals surface area contributed by atoms with Crippen molar-refractivity contribution >= 4 is 33.2 Å². The van der Waals surface area contributed by atoms with E-state index in [1.54, 1.807) is 17.0 Å². The second-order valence-corrected chi connectivity index (χ2v) is 10.4. The fourth-order valence-electron chi connectivity index (χ4n) is 4.45. The Morgan fingerprint density at radius 1 is 1.00 bits per heavy atom. The van der Waals surface area contributed by atoms with Crippen LogP contribution in [0.25, 0.3) is 0 Å². The van der Waals surface area contributed by atoms with Crippen LogP contribution in [0.2, 0.25) is 0 Å². The Bertz CT molecular complexity index is 1090. The number of aryl methyl sites for hydroxylation is 1. The number of rotatable bonds is 6. The van der Waals surface area contributed by atoms with E-state index in [1.165, 1.54) is 12.1 Å². The molecule has 2 aromatic carbocycles. The lowest BCUT2D eigenvalue weighted by molar-refractivity contribution is -0.122. The van der Waals surface area contributed by atoms with Gasteiger partial charge in [-0.2, -0.15) is 0 Å². The van der Waals surface area contributed by atoms with Gasteiger partial charge in [0.1, 0.15) is 0 Å². The van der Waals surface area contributed by atoms with Gasteiger partial charge in [-0.3, -0.25) is 9.59 Å². The van der Waals surface area contributed by atoms with Gasteiger partial charge < -0.3 is 10.2 Å². The molecule has 1 atom stereocenters. The smallest absolute Gasteiger partial charge is 0.240 e. The summed E-state index contributed by atoms with van der Waals surface area (Å²) in [6.45, 7) is 2.27. The summed E-state index contributed by atoms with van der Waals surface area (Å²) in [4.78, 5) is 27.1. The summed E-state index contributed by atoms with van der Waals surface area (Å²) in [6.07, 6.45) is 5.13. The van der Waals surface area contributed by atoms with Crippen LogP contribution in [-0.2, 0) is 19.6 Å². The van der Waals surface area contributed by atoms with Crippen LogP contribution in [0.4, 0.5) is 11.4 Å². The first-order chi connectivity index (χ1) is 15.3. The number of hydrogen-bond donors (Lipinski definition) is 2. The van der Waals surface area contributed by atoms with Crippen molar-refractivity contribution in [1.29, 1.82) is 0 Å². The Kier molecular flexibility index (Phi) is 6.62. The summed E-state index contributed by atoms with van der Waals surface area (Å²) in [5.41, 5.74) is 2.32. The summed E-state index contributed by atoms with van der Waals surface area (Å²) in [5, 5.41) is 2.82. The van der Waals surface area contributed by atoms with Gasteiger partial charge in [0.05, 0.1) is 10.8 Å². The van der Waals surface area contributed by atoms with Crippen LogP contribution in [0.3, 0.4) is 0 Å². The molecule has 1 aliphatic heterocycles. The third-order valence-electron chi connectivity index (χ3n) is 6.26. The molecule has 2 fully saturated rings. The van der Waals surface area contributed by atoms with E-state index in [1.807, 2.05) is 31.2 Å². The first kappa shape index (κ1) is 22.5. The molecule has 2 N–H and O–H groups in total. The summed E-state index contributed by atoms with van der Waals surface area (Å²) < 4.78 is 28.1. The van der Waals surface area contributed by atoms with Crippen molar-refractivity contribution in [3.63, 3.8) is 0 Å². The topological polar surface area (TPSA) is 95.6 Å². The number of para-hydroxylation sites is 1. The number of hydrogen-bond acceptors (Lipinski definition) is 4. The molecule has 2 aliphatic rings. The number of anilines is 2. The summed E-state index contributed by atoms with van der Waals surface area (Å²) in [5.74, 6) is -0.779. The average Bonchev–Trinajstić information content (AvgIpc) is 3.16. The third kappa shape index (κ3) is 5.02. The average molecular weight is 456 g/mol. The van der Waals surface area contributed by atoms with Crippen molar-refractivity contribution in [1.82, 2.24) is 4.72 Å². The molecule has 1 unspecified atom stereocenters. The first-order valence-corrected chi connectivity index (χ1v) is 12.6. The fourth-order valence-corrected chi connectivity index (χ4v) is 5.76. The first-order valence-electron chi connectivity index (χ1n) is 11.1. The highest BCUT2D eigenvalue weighted by Gasteiger charge is 2.35. The Labute approximate surface area is 189 Å². The van der Waals surface area contributed by atoms with E-state index in [2.05, 4.69) is 10.0 Å². The zero-order valence-electron chi connectivity index (χ0n) is 18.2. The van der Waals surface area contributed by atoms with Gasteiger partial charge in [-0.25, -0.2) is 13.1 Å². The van der Waals surface area contributed by atoms with E-state index in [0.717, 1.165) is 43.4 Å². The highest BCUT2D eigenvalue weighted by molar-refractivity contribution is 7.89. The van der Waals surface area contributed by atoms with Crippen LogP contribution < -0.4 is 14.9 Å². The van der Waals surface area contributed by atoms with Gasteiger partial charge in [0.25, 0.3) is 0 Å². The molecule has 0 bridgehead atoms. The maximum atomic E-state index is 12.7. The van der Waals surface area contributed by atoms with Crippen molar-refractivity contribution in [2.45, 2.75) is 56.4 Å². The monoisotopic (exact) mass is 455 g/mol. The molecule has 2 aromatic rings. The maximum Gasteiger partial charge on any atom is 0.240 e. The predicted octanol–water partition coefficient (Wildman–Crippen LogP) is 3.60. The fraction of sp³-hybridized carbons (Fsp3) is 0.417. The highest BCUT2D eigenvalue weighted by atomic mass is 32.2. The number of amides is 2. The Morgan fingerprint density at radius 3 is 2.38 bits per heavy atom. The molecule has 0 spiro atoms. The Hall–Kier alpha value is -2.71. The molecule has 1 heterocycles. The maximum absolute atomic E-state index is 12.7. The molecule has 8 heteroatoms. The number of nitrogens with zero attached hydrogens (tertiary/aromatic N) is 1. The molecule has 1 saturated carbocycles. The van der Waals surface area contributed by atoms with Crippen molar-refractivity contribution in [3.8, 4) is 0 Å². The number of nitrogens with one attached hydrogen (secondary N) is 2. The minimum atomic E-state index is -3.58. The van der Waals surface area contributed by atoms with E-state index in [4.69, 9.17) is 0 Å². The van der Waals surface area contributed by atoms with E-state index in [-0.39, 0.29) is 29.2 Å². The summed E-state index contributed by atoms with van der Waals surface area (Å²) in [6, 6.07) is 13.8. The predicted molar refractivity (Wildman–Crippen MR) is 124 cm³/mol. The van der Waals surface area contributed by atoms with Gasteiger partial charge in [0.15, 0.2) is 0 Å². The standard InChI is InChI=1S/C24H29N3O4S/c1-17-7-5-6-10-22(17)27-16-18(15-23(27)28)24(29)25-19-11-13-21(14-12-19)32(30,31)26-20-8-3-2-4-9-20/h5-7,10-14,18,20,26H,2-4,8-9,15-16H2,1H3,(H,25,29). The van der Waals surface area contributed by atoms with Crippen molar-refractivity contribution < 1.29 is 18.0 Å². The quantitative estimate of drug-likeness (QED) is 0.696. The number of sulfonamides is 1. The normalized spacial score (nSPS) is 19.8. The van der Waals surface area contributed by atoms with Crippen molar-refractivity contribution in [3.05, 3.63) is 54.1 Å². The lowest BCUT2D eigenvalue weighted by Crippen LogP contribution is -2.36. The third-order valence-corrected chi connectivity index (χ3v) is 7.80. The van der Waals surface area contributed by atoms with Gasteiger partial charge in [-0.05, 0) is 55.7 Å². The molecule has 2 amide bonds. The van der Waals surface area contributed by atoms with Crippen molar-refractivity contribution in [2.24, 2.45) is 5.92 Å². The van der Waals surface area contributed by atoms with Crippen LogP contribution in [-0.4, -0.2) is 32.8 Å². The second kappa shape index (κ2) is 9.42. The van der Waals surface area contributed by atoms with Gasteiger partial charge in [-0.1, -0.05) is 37.5 Å². The molecule has 1 aliphatic carbocycles. The molecule has 170 valence electrons. The van der Waals surface area contributed by atoms with Gasteiger partial charge in [-0.15, -0.1) is 0 Å². The summed E-state index contributed by atoms with van der Waals surface area (Å²) >= 11 is 0. The Balaban J connectivity index is 1.38. The number of benzene rings is 2. The van der Waals surface area contributed by atoms with Gasteiger partial charge in [0.2, 0.25) is 21.8 Å². The van der Waals surface area contributed by atoms with Crippen LogP contribution in [0.5, 0.6) is 0 Å². The molecule has 0 radical (unpaired) electrons. The lowest BCUT2D eigenvalue weighted by atomic mass is 9.96.